The SMILES string of the molecule is COc1cc(C)c2[nH]ccc2c1CN1CCC2(CC1c1ccc(-c3nn[nH]n3)cc1)CC(F)(F)C2. The molecular formula is C26H28F2N6O. The molecular weight excluding hydrogens is 450 g/mol. The number of nitrogens with zero attached hydrogens (tertiary/aromatic N) is 4. The van der Waals surface area contributed by atoms with E-state index in [0.29, 0.717) is 18.8 Å². The van der Waals surface area contributed by atoms with Gasteiger partial charge < -0.3 is 9.72 Å². The van der Waals surface area contributed by atoms with Crippen LogP contribution in [0.1, 0.15) is 48.4 Å². The van der Waals surface area contributed by atoms with Crippen LogP contribution in [0, 0.1) is 12.3 Å². The minimum absolute atomic E-state index is 0.0127. The zero-order valence-electron chi connectivity index (χ0n) is 19.8. The number of alkyl halides is 2. The van der Waals surface area contributed by atoms with Crippen molar-refractivity contribution < 1.29 is 13.5 Å². The number of H-pyrrole nitrogens is 2. The summed E-state index contributed by atoms with van der Waals surface area (Å²) in [6.07, 6.45) is 3.43. The van der Waals surface area contributed by atoms with E-state index < -0.39 is 5.92 Å². The number of rotatable bonds is 5. The van der Waals surface area contributed by atoms with E-state index in [-0.39, 0.29) is 24.3 Å². The number of nitrogens with one attached hydrogen (secondary N) is 2. The molecule has 182 valence electrons. The molecule has 1 aliphatic carbocycles. The topological polar surface area (TPSA) is 82.7 Å². The number of ether oxygens (including phenoxy) is 1. The monoisotopic (exact) mass is 478 g/mol. The fourth-order valence-corrected chi connectivity index (χ4v) is 6.19. The van der Waals surface area contributed by atoms with E-state index in [1.54, 1.807) is 7.11 Å². The number of aromatic nitrogens is 5. The summed E-state index contributed by atoms with van der Waals surface area (Å²) in [5, 5.41) is 15.4. The van der Waals surface area contributed by atoms with E-state index in [2.05, 4.69) is 61.7 Å². The predicted molar refractivity (Wildman–Crippen MR) is 128 cm³/mol. The van der Waals surface area contributed by atoms with Crippen LogP contribution in [-0.4, -0.2) is 50.1 Å². The molecule has 0 amide bonds. The van der Waals surface area contributed by atoms with Gasteiger partial charge in [0.1, 0.15) is 5.75 Å². The van der Waals surface area contributed by atoms with Crippen LogP contribution in [0.4, 0.5) is 8.78 Å². The zero-order chi connectivity index (χ0) is 24.2. The summed E-state index contributed by atoms with van der Waals surface area (Å²) in [7, 11) is 1.70. The van der Waals surface area contributed by atoms with Gasteiger partial charge in [-0.3, -0.25) is 4.90 Å². The summed E-state index contributed by atoms with van der Waals surface area (Å²) in [6.45, 7) is 3.51. The number of aromatic amines is 2. The van der Waals surface area contributed by atoms with Gasteiger partial charge >= 0.3 is 0 Å². The van der Waals surface area contributed by atoms with Crippen LogP contribution in [-0.2, 0) is 6.54 Å². The molecule has 2 aromatic heterocycles. The Morgan fingerprint density at radius 3 is 2.66 bits per heavy atom. The minimum Gasteiger partial charge on any atom is -0.496 e. The van der Waals surface area contributed by atoms with Gasteiger partial charge in [0, 0.05) is 53.7 Å². The average Bonchev–Trinajstić information content (AvgIpc) is 3.53. The summed E-state index contributed by atoms with van der Waals surface area (Å²) in [5.74, 6) is -1.14. The van der Waals surface area contributed by atoms with Gasteiger partial charge in [0.2, 0.25) is 11.7 Å². The third-order valence-electron chi connectivity index (χ3n) is 7.86. The Bertz CT molecular complexity index is 1340. The first kappa shape index (κ1) is 22.2. The fourth-order valence-electron chi connectivity index (χ4n) is 6.19. The Hall–Kier alpha value is -3.33. The maximum Gasteiger partial charge on any atom is 0.249 e. The number of halogens is 2. The highest BCUT2D eigenvalue weighted by Crippen LogP contribution is 2.60. The van der Waals surface area contributed by atoms with Crippen molar-refractivity contribution in [2.45, 2.75) is 51.1 Å². The number of fused-ring (bicyclic) bond motifs is 1. The van der Waals surface area contributed by atoms with Crippen molar-refractivity contribution in [1.29, 1.82) is 0 Å². The number of likely N-dealkylation sites (tertiary alicyclic amines) is 1. The van der Waals surface area contributed by atoms with Gasteiger partial charge in [0.05, 0.1) is 7.11 Å². The van der Waals surface area contributed by atoms with E-state index in [9.17, 15) is 8.78 Å². The van der Waals surface area contributed by atoms with Crippen molar-refractivity contribution in [3.63, 3.8) is 0 Å². The summed E-state index contributed by atoms with van der Waals surface area (Å²) in [6, 6.07) is 12.3. The lowest BCUT2D eigenvalue weighted by Gasteiger charge is -2.54. The first-order valence-electron chi connectivity index (χ1n) is 12.0. The van der Waals surface area contributed by atoms with Crippen LogP contribution >= 0.6 is 0 Å². The highest BCUT2D eigenvalue weighted by Gasteiger charge is 2.58. The first-order valence-corrected chi connectivity index (χ1v) is 12.0. The Morgan fingerprint density at radius 2 is 1.97 bits per heavy atom. The lowest BCUT2D eigenvalue weighted by Crippen LogP contribution is -2.53. The molecule has 1 spiro atoms. The molecule has 2 aliphatic rings. The van der Waals surface area contributed by atoms with Crippen molar-refractivity contribution in [3.8, 4) is 17.1 Å². The van der Waals surface area contributed by atoms with Crippen molar-refractivity contribution in [2.75, 3.05) is 13.7 Å². The van der Waals surface area contributed by atoms with Gasteiger partial charge in [-0.05, 0) is 60.2 Å². The predicted octanol–water partition coefficient (Wildman–Crippen LogP) is 5.42. The third kappa shape index (κ3) is 3.87. The smallest absolute Gasteiger partial charge is 0.249 e. The first-order chi connectivity index (χ1) is 16.9. The summed E-state index contributed by atoms with van der Waals surface area (Å²) >= 11 is 0. The fraction of sp³-hybridized carbons (Fsp3) is 0.423. The molecule has 9 heteroatoms. The highest BCUT2D eigenvalue weighted by atomic mass is 19.3. The van der Waals surface area contributed by atoms with Gasteiger partial charge in [-0.25, -0.2) is 8.78 Å². The normalized spacial score (nSPS) is 21.3. The molecule has 2 N–H and O–H groups in total. The van der Waals surface area contributed by atoms with Crippen LogP contribution in [0.15, 0.2) is 42.6 Å². The number of piperidine rings is 1. The van der Waals surface area contributed by atoms with E-state index in [0.717, 1.165) is 51.9 Å². The molecule has 1 unspecified atom stereocenters. The molecule has 1 saturated carbocycles. The van der Waals surface area contributed by atoms with Crippen LogP contribution < -0.4 is 4.74 Å². The van der Waals surface area contributed by atoms with Crippen LogP contribution in [0.3, 0.4) is 0 Å². The van der Waals surface area contributed by atoms with E-state index in [1.807, 2.05) is 18.3 Å². The molecule has 1 saturated heterocycles. The summed E-state index contributed by atoms with van der Waals surface area (Å²) < 4.78 is 33.7. The standard InChI is InChI=1S/C26H28F2N6O/c1-16-11-22(35-2)20(19-7-9-29-23(16)19)13-34-10-8-25(14-26(27,28)15-25)12-21(34)17-3-5-18(6-4-17)24-30-32-33-31-24/h3-7,9,11,21,29H,8,10,12-15H2,1-2H3,(H,30,31,32,33). The largest absolute Gasteiger partial charge is 0.496 e. The maximum atomic E-state index is 14.0. The van der Waals surface area contributed by atoms with E-state index in [4.69, 9.17) is 4.74 Å². The summed E-state index contributed by atoms with van der Waals surface area (Å²) in [5.41, 5.74) is 5.05. The van der Waals surface area contributed by atoms with Crippen molar-refractivity contribution in [2.24, 2.45) is 5.41 Å². The average molecular weight is 479 g/mol. The van der Waals surface area contributed by atoms with Crippen LogP contribution in [0.5, 0.6) is 5.75 Å². The lowest BCUT2D eigenvalue weighted by molar-refractivity contribution is -0.186. The molecule has 2 aromatic carbocycles. The molecule has 4 aromatic rings. The van der Waals surface area contributed by atoms with Crippen LogP contribution in [0.25, 0.3) is 22.3 Å². The Labute approximate surface area is 201 Å². The lowest BCUT2D eigenvalue weighted by atomic mass is 9.59. The second-order valence-electron chi connectivity index (χ2n) is 10.1. The Morgan fingerprint density at radius 1 is 1.17 bits per heavy atom. The van der Waals surface area contributed by atoms with Gasteiger partial charge in [0.15, 0.2) is 0 Å². The number of benzene rings is 2. The molecule has 1 aliphatic heterocycles. The third-order valence-corrected chi connectivity index (χ3v) is 7.86. The molecule has 0 bridgehead atoms. The van der Waals surface area contributed by atoms with Crippen molar-refractivity contribution in [1.82, 2.24) is 30.5 Å². The molecule has 7 nitrogen and oxygen atoms in total. The number of methoxy groups -OCH3 is 1. The molecule has 0 radical (unpaired) electrons. The Kier molecular flexibility index (Phi) is 5.14. The highest BCUT2D eigenvalue weighted by molar-refractivity contribution is 5.88. The minimum atomic E-state index is -2.54. The van der Waals surface area contributed by atoms with E-state index >= 15 is 0 Å². The van der Waals surface area contributed by atoms with Crippen molar-refractivity contribution in [3.05, 3.63) is 59.3 Å². The zero-order valence-corrected chi connectivity index (χ0v) is 19.8. The second-order valence-corrected chi connectivity index (χ2v) is 10.1. The van der Waals surface area contributed by atoms with Crippen molar-refractivity contribution >= 4 is 10.9 Å². The molecule has 2 fully saturated rings. The molecule has 3 heterocycles. The number of hydrogen-bond acceptors (Lipinski definition) is 5. The Balaban J connectivity index is 1.35. The maximum absolute atomic E-state index is 14.0. The van der Waals surface area contributed by atoms with Gasteiger partial charge in [0.25, 0.3) is 0 Å². The number of hydrogen-bond donors (Lipinski definition) is 2. The number of tetrazole rings is 1. The quantitative estimate of drug-likeness (QED) is 0.400. The van der Waals surface area contributed by atoms with Gasteiger partial charge in [-0.1, -0.05) is 24.3 Å². The van der Waals surface area contributed by atoms with Crippen LogP contribution in [0.2, 0.25) is 0 Å². The van der Waals surface area contributed by atoms with E-state index in [1.165, 1.54) is 0 Å². The summed E-state index contributed by atoms with van der Waals surface area (Å²) in [4.78, 5) is 5.76. The van der Waals surface area contributed by atoms with Gasteiger partial charge in [-0.15, -0.1) is 10.2 Å². The molecule has 6 rings (SSSR count). The second kappa shape index (κ2) is 8.12. The number of aryl methyl sites for hydroxylation is 1. The molecule has 1 atom stereocenters. The molecule has 35 heavy (non-hydrogen) atoms. The van der Waals surface area contributed by atoms with Gasteiger partial charge in [-0.2, -0.15) is 5.21 Å².